The van der Waals surface area contributed by atoms with Gasteiger partial charge in [-0.1, -0.05) is 18.2 Å². The molecule has 126 valence electrons. The van der Waals surface area contributed by atoms with Gasteiger partial charge in [0.2, 0.25) is 0 Å². The molecule has 0 N–H and O–H groups in total. The van der Waals surface area contributed by atoms with Gasteiger partial charge in [0.25, 0.3) is 0 Å². The van der Waals surface area contributed by atoms with Gasteiger partial charge in [-0.05, 0) is 47.0 Å². The zero-order valence-corrected chi connectivity index (χ0v) is 15.1. The summed E-state index contributed by atoms with van der Waals surface area (Å²) in [5, 5.41) is 4.29. The van der Waals surface area contributed by atoms with Crippen molar-refractivity contribution in [1.29, 1.82) is 0 Å². The highest BCUT2D eigenvalue weighted by molar-refractivity contribution is 7.10. The predicted octanol–water partition coefficient (Wildman–Crippen LogP) is 4.32. The quantitative estimate of drug-likeness (QED) is 0.540. The number of aromatic nitrogens is 1. The molecule has 4 nitrogen and oxygen atoms in total. The number of para-hydroxylation sites is 2. The number of oxazole rings is 1. The third-order valence-electron chi connectivity index (χ3n) is 4.78. The Morgan fingerprint density at radius 2 is 2.00 bits per heavy atom. The van der Waals surface area contributed by atoms with Gasteiger partial charge in [0.1, 0.15) is 0 Å². The van der Waals surface area contributed by atoms with E-state index in [1.165, 1.54) is 15.3 Å². The highest BCUT2D eigenvalue weighted by atomic mass is 32.1. The van der Waals surface area contributed by atoms with E-state index in [0.29, 0.717) is 12.3 Å². The van der Waals surface area contributed by atoms with E-state index >= 15 is 0 Å². The van der Waals surface area contributed by atoms with Crippen molar-refractivity contribution in [3.63, 3.8) is 0 Å². The van der Waals surface area contributed by atoms with Crippen LogP contribution in [0, 0.1) is 0 Å². The monoisotopic (exact) mass is 368 g/mol. The molecule has 1 atom stereocenters. The van der Waals surface area contributed by atoms with Crippen LogP contribution < -0.4 is 5.76 Å². The van der Waals surface area contributed by atoms with Gasteiger partial charge in [-0.2, -0.15) is 0 Å². The van der Waals surface area contributed by atoms with Crippen molar-refractivity contribution in [3.8, 4) is 0 Å². The molecular formula is C19H16N2O2S2. The average Bonchev–Trinajstić information content (AvgIpc) is 3.35. The van der Waals surface area contributed by atoms with Gasteiger partial charge >= 0.3 is 5.76 Å². The maximum Gasteiger partial charge on any atom is 0.421 e. The molecule has 0 saturated heterocycles. The molecule has 0 bridgehead atoms. The van der Waals surface area contributed by atoms with Gasteiger partial charge in [-0.15, -0.1) is 22.7 Å². The maximum atomic E-state index is 12.4. The molecule has 0 unspecified atom stereocenters. The van der Waals surface area contributed by atoms with E-state index in [-0.39, 0.29) is 11.8 Å². The lowest BCUT2D eigenvalue weighted by Crippen LogP contribution is -2.38. The van der Waals surface area contributed by atoms with Crippen molar-refractivity contribution < 1.29 is 4.42 Å². The fourth-order valence-electron chi connectivity index (χ4n) is 3.63. The van der Waals surface area contributed by atoms with E-state index in [1.807, 2.05) is 35.6 Å². The molecule has 5 rings (SSSR count). The first-order valence-corrected chi connectivity index (χ1v) is 9.99. The summed E-state index contributed by atoms with van der Waals surface area (Å²) in [5.41, 5.74) is 2.88. The number of rotatable bonds is 3. The topological polar surface area (TPSA) is 38.4 Å². The summed E-state index contributed by atoms with van der Waals surface area (Å²) < 4.78 is 7.15. The lowest BCUT2D eigenvalue weighted by molar-refractivity contribution is 0.165. The van der Waals surface area contributed by atoms with Crippen molar-refractivity contribution in [2.45, 2.75) is 19.1 Å². The molecule has 0 amide bonds. The van der Waals surface area contributed by atoms with Crippen molar-refractivity contribution in [1.82, 2.24) is 9.47 Å². The van der Waals surface area contributed by atoms with E-state index in [4.69, 9.17) is 4.42 Å². The van der Waals surface area contributed by atoms with Gasteiger partial charge in [-0.25, -0.2) is 4.79 Å². The minimum Gasteiger partial charge on any atom is -0.408 e. The van der Waals surface area contributed by atoms with Crippen LogP contribution in [0.3, 0.4) is 0 Å². The van der Waals surface area contributed by atoms with Crippen LogP contribution >= 0.6 is 22.7 Å². The normalized spacial score (nSPS) is 17.8. The van der Waals surface area contributed by atoms with E-state index in [2.05, 4.69) is 33.9 Å². The van der Waals surface area contributed by atoms with Gasteiger partial charge in [0.15, 0.2) is 5.58 Å². The Hall–Kier alpha value is -2.15. The van der Waals surface area contributed by atoms with Crippen molar-refractivity contribution >= 4 is 33.8 Å². The summed E-state index contributed by atoms with van der Waals surface area (Å²) in [7, 11) is 0. The molecule has 0 saturated carbocycles. The SMILES string of the molecule is O=c1oc2ccccc2n1CN1CCc2sccc2[C@@H]1c1cccs1. The third-order valence-corrected chi connectivity index (χ3v) is 6.70. The zero-order valence-electron chi connectivity index (χ0n) is 13.4. The van der Waals surface area contributed by atoms with Crippen molar-refractivity contribution in [3.05, 3.63) is 79.1 Å². The Labute approximate surface area is 152 Å². The second-order valence-corrected chi connectivity index (χ2v) is 8.16. The summed E-state index contributed by atoms with van der Waals surface area (Å²) in [6.07, 6.45) is 1.03. The first kappa shape index (κ1) is 15.1. The van der Waals surface area contributed by atoms with Crippen LogP contribution in [0.4, 0.5) is 0 Å². The Balaban J connectivity index is 1.59. The lowest BCUT2D eigenvalue weighted by Gasteiger charge is -2.35. The second kappa shape index (κ2) is 5.98. The van der Waals surface area contributed by atoms with Gasteiger partial charge in [-0.3, -0.25) is 9.47 Å². The third kappa shape index (κ3) is 2.49. The van der Waals surface area contributed by atoms with E-state index < -0.39 is 0 Å². The number of hydrogen-bond donors (Lipinski definition) is 0. The fourth-order valence-corrected chi connectivity index (χ4v) is 5.41. The number of nitrogens with zero attached hydrogens (tertiary/aromatic N) is 2. The van der Waals surface area contributed by atoms with Crippen molar-refractivity contribution in [2.75, 3.05) is 6.54 Å². The van der Waals surface area contributed by atoms with Crippen LogP contribution in [0.15, 0.2) is 62.4 Å². The molecule has 4 heterocycles. The van der Waals surface area contributed by atoms with Crippen LogP contribution in [0.2, 0.25) is 0 Å². The molecule has 1 aliphatic heterocycles. The summed E-state index contributed by atoms with van der Waals surface area (Å²) >= 11 is 3.61. The highest BCUT2D eigenvalue weighted by Gasteiger charge is 2.31. The van der Waals surface area contributed by atoms with Gasteiger partial charge in [0.05, 0.1) is 18.2 Å². The molecule has 6 heteroatoms. The Morgan fingerprint density at radius 3 is 2.88 bits per heavy atom. The predicted molar refractivity (Wildman–Crippen MR) is 101 cm³/mol. The number of benzene rings is 1. The Bertz CT molecular complexity index is 1070. The second-order valence-electron chi connectivity index (χ2n) is 6.18. The van der Waals surface area contributed by atoms with Crippen LogP contribution in [0.5, 0.6) is 0 Å². The minimum atomic E-state index is -0.290. The van der Waals surface area contributed by atoms with E-state index in [1.54, 1.807) is 15.9 Å². The molecule has 0 fully saturated rings. The first-order valence-electron chi connectivity index (χ1n) is 8.23. The average molecular weight is 368 g/mol. The number of hydrogen-bond acceptors (Lipinski definition) is 5. The Kier molecular flexibility index (Phi) is 3.62. The smallest absolute Gasteiger partial charge is 0.408 e. The number of thiophene rings is 2. The van der Waals surface area contributed by atoms with Crippen LogP contribution in [0.1, 0.15) is 21.4 Å². The van der Waals surface area contributed by atoms with Crippen LogP contribution in [-0.2, 0) is 13.1 Å². The minimum absolute atomic E-state index is 0.204. The summed E-state index contributed by atoms with van der Waals surface area (Å²) in [4.78, 5) is 17.5. The largest absolute Gasteiger partial charge is 0.421 e. The summed E-state index contributed by atoms with van der Waals surface area (Å²) in [5.74, 6) is -0.290. The summed E-state index contributed by atoms with van der Waals surface area (Å²) in [6.45, 7) is 1.47. The van der Waals surface area contributed by atoms with Crippen LogP contribution in [-0.4, -0.2) is 16.0 Å². The molecule has 1 aromatic carbocycles. The maximum absolute atomic E-state index is 12.4. The standard InChI is InChI=1S/C19H16N2O2S2/c22-19-21(14-4-1-2-5-15(14)23-19)12-20-9-7-16-13(8-11-25-16)18(20)17-6-3-10-24-17/h1-6,8,10-11,18H,7,9,12H2/t18-/m1/s1. The summed E-state index contributed by atoms with van der Waals surface area (Å²) in [6, 6.07) is 14.3. The van der Waals surface area contributed by atoms with Gasteiger partial charge < -0.3 is 4.42 Å². The molecular weight excluding hydrogens is 352 g/mol. The molecule has 0 radical (unpaired) electrons. The van der Waals surface area contributed by atoms with E-state index in [9.17, 15) is 4.79 Å². The van der Waals surface area contributed by atoms with Crippen LogP contribution in [0.25, 0.3) is 11.1 Å². The Morgan fingerprint density at radius 1 is 1.08 bits per heavy atom. The number of fused-ring (bicyclic) bond motifs is 2. The molecule has 3 aromatic heterocycles. The highest BCUT2D eigenvalue weighted by Crippen LogP contribution is 2.39. The van der Waals surface area contributed by atoms with Crippen molar-refractivity contribution in [2.24, 2.45) is 0 Å². The fraction of sp³-hybridized carbons (Fsp3) is 0.211. The lowest BCUT2D eigenvalue weighted by atomic mass is 9.99. The molecule has 4 aromatic rings. The molecule has 0 spiro atoms. The first-order chi connectivity index (χ1) is 12.3. The zero-order chi connectivity index (χ0) is 16.8. The van der Waals surface area contributed by atoms with Gasteiger partial charge in [0, 0.05) is 16.3 Å². The molecule has 1 aliphatic rings. The van der Waals surface area contributed by atoms with E-state index in [0.717, 1.165) is 18.5 Å². The molecule has 0 aliphatic carbocycles. The molecule has 25 heavy (non-hydrogen) atoms.